The molecule has 69 heavy (non-hydrogen) atoms. The summed E-state index contributed by atoms with van der Waals surface area (Å²) in [5.41, 5.74) is 16.2. The van der Waals surface area contributed by atoms with E-state index in [9.17, 15) is 0 Å². The highest BCUT2D eigenvalue weighted by atomic mass is 32.2. The number of fused-ring (bicyclic) bond motifs is 8. The maximum Gasteiger partial charge on any atom is 0.0541 e. The Morgan fingerprint density at radius 1 is 0.275 bits per heavy atom. The van der Waals surface area contributed by atoms with E-state index in [1.807, 2.05) is 11.8 Å². The Labute approximate surface area is 404 Å². The molecule has 324 valence electrons. The van der Waals surface area contributed by atoms with Gasteiger partial charge in [0.25, 0.3) is 0 Å². The van der Waals surface area contributed by atoms with E-state index in [0.29, 0.717) is 0 Å². The summed E-state index contributed by atoms with van der Waals surface area (Å²) in [4.78, 5) is 7.30. The molecule has 2 aromatic heterocycles. The molecule has 1 aliphatic rings. The zero-order valence-corrected chi connectivity index (χ0v) is 38.3. The van der Waals surface area contributed by atoms with Crippen molar-refractivity contribution in [2.75, 3.05) is 9.80 Å². The quantitative estimate of drug-likeness (QED) is 0.151. The first kappa shape index (κ1) is 39.4. The molecular formula is C64H42N4S. The van der Waals surface area contributed by atoms with Gasteiger partial charge < -0.3 is 18.9 Å². The van der Waals surface area contributed by atoms with Gasteiger partial charge in [-0.2, -0.15) is 0 Å². The van der Waals surface area contributed by atoms with Crippen LogP contribution in [0.1, 0.15) is 0 Å². The van der Waals surface area contributed by atoms with Crippen LogP contribution in [0.2, 0.25) is 0 Å². The number of hydrogen-bond donors (Lipinski definition) is 0. The van der Waals surface area contributed by atoms with Crippen molar-refractivity contribution in [2.24, 2.45) is 0 Å². The third-order valence-electron chi connectivity index (χ3n) is 13.8. The average molecular weight is 899 g/mol. The molecule has 14 rings (SSSR count). The van der Waals surface area contributed by atoms with Gasteiger partial charge in [0.05, 0.1) is 27.8 Å². The summed E-state index contributed by atoms with van der Waals surface area (Å²) in [6.07, 6.45) is 0. The Hall–Kier alpha value is -8.77. The number of anilines is 6. The molecule has 0 fully saturated rings. The summed E-state index contributed by atoms with van der Waals surface area (Å²) in [5.74, 6) is 0. The molecule has 5 heteroatoms. The minimum atomic E-state index is 1.09. The number of aromatic nitrogens is 2. The molecule has 13 aromatic rings. The van der Waals surface area contributed by atoms with E-state index in [0.717, 1.165) is 45.5 Å². The Morgan fingerprint density at radius 2 is 0.696 bits per heavy atom. The predicted molar refractivity (Wildman–Crippen MR) is 292 cm³/mol. The molecule has 0 aliphatic carbocycles. The van der Waals surface area contributed by atoms with Crippen LogP contribution >= 0.6 is 11.8 Å². The topological polar surface area (TPSA) is 16.3 Å². The molecule has 0 amide bonds. The lowest BCUT2D eigenvalue weighted by Crippen LogP contribution is -2.12. The molecular weight excluding hydrogens is 857 g/mol. The highest BCUT2D eigenvalue weighted by molar-refractivity contribution is 7.99. The standard InChI is InChI=1S/C64H42N4S/c1-3-18-43(19-4-1)65(45-22-15-24-47(40-45)67-57-31-11-7-26-50(57)51-27-8-12-32-58(51)67)49-36-37-54-55-38-39-61(56-30-17-35-62(64(55)56)69-63(54)42-49)66(44-20-5-2-6-21-44)46-23-16-25-48(41-46)68-59-33-13-9-28-52(59)53-29-10-14-34-60(53)68/h1-42H. The highest BCUT2D eigenvalue weighted by Crippen LogP contribution is 2.53. The van der Waals surface area contributed by atoms with Crippen LogP contribution in [-0.4, -0.2) is 9.13 Å². The SMILES string of the molecule is c1ccc(N(c2cccc(-n3c4ccccc4c4ccccc43)c2)c2ccc3c(c2)Sc2cccc4c(N(c5ccccc5)c5cccc(-n6c7ccccc7c7ccccc76)c5)ccc-3c24)cc1. The van der Waals surface area contributed by atoms with Gasteiger partial charge >= 0.3 is 0 Å². The van der Waals surface area contributed by atoms with Gasteiger partial charge in [0.1, 0.15) is 0 Å². The monoisotopic (exact) mass is 898 g/mol. The van der Waals surface area contributed by atoms with Crippen LogP contribution in [0.15, 0.2) is 265 Å². The third kappa shape index (κ3) is 6.32. The Balaban J connectivity index is 0.889. The predicted octanol–water partition coefficient (Wildman–Crippen LogP) is 18.1. The molecule has 0 saturated heterocycles. The van der Waals surface area contributed by atoms with Crippen LogP contribution in [0, 0.1) is 0 Å². The number of para-hydroxylation sites is 6. The van der Waals surface area contributed by atoms with E-state index in [2.05, 4.69) is 274 Å². The average Bonchev–Trinajstić information content (AvgIpc) is 3.93. The van der Waals surface area contributed by atoms with Gasteiger partial charge in [0.2, 0.25) is 0 Å². The van der Waals surface area contributed by atoms with E-state index >= 15 is 0 Å². The molecule has 0 atom stereocenters. The van der Waals surface area contributed by atoms with Gasteiger partial charge in [-0.25, -0.2) is 0 Å². The van der Waals surface area contributed by atoms with Gasteiger partial charge in [0, 0.05) is 81.9 Å². The van der Waals surface area contributed by atoms with Crippen LogP contribution < -0.4 is 9.80 Å². The van der Waals surface area contributed by atoms with E-state index < -0.39 is 0 Å². The lowest BCUT2D eigenvalue weighted by molar-refractivity contribution is 1.17. The van der Waals surface area contributed by atoms with Gasteiger partial charge in [-0.05, 0) is 120 Å². The van der Waals surface area contributed by atoms with Crippen LogP contribution in [-0.2, 0) is 0 Å². The first-order chi connectivity index (χ1) is 34.2. The van der Waals surface area contributed by atoms with Crippen LogP contribution in [0.4, 0.5) is 34.1 Å². The summed E-state index contributed by atoms with van der Waals surface area (Å²) >= 11 is 1.86. The van der Waals surface area contributed by atoms with Crippen LogP contribution in [0.3, 0.4) is 0 Å². The highest BCUT2D eigenvalue weighted by Gasteiger charge is 2.26. The Kier molecular flexibility index (Phi) is 9.11. The zero-order valence-electron chi connectivity index (χ0n) is 37.4. The van der Waals surface area contributed by atoms with Crippen molar-refractivity contribution >= 4 is 100 Å². The summed E-state index contributed by atoms with van der Waals surface area (Å²) in [7, 11) is 0. The second-order valence-corrected chi connectivity index (χ2v) is 18.8. The molecule has 0 unspecified atom stereocenters. The molecule has 1 aliphatic heterocycles. The first-order valence-electron chi connectivity index (χ1n) is 23.5. The second kappa shape index (κ2) is 15.9. The van der Waals surface area contributed by atoms with E-state index in [4.69, 9.17) is 0 Å². The van der Waals surface area contributed by atoms with Crippen molar-refractivity contribution in [1.82, 2.24) is 9.13 Å². The number of rotatable bonds is 8. The number of benzene rings is 11. The van der Waals surface area contributed by atoms with Crippen molar-refractivity contribution < 1.29 is 0 Å². The van der Waals surface area contributed by atoms with Gasteiger partial charge in [-0.15, -0.1) is 0 Å². The van der Waals surface area contributed by atoms with Crippen molar-refractivity contribution in [3.8, 4) is 22.5 Å². The zero-order chi connectivity index (χ0) is 45.4. The molecule has 0 saturated carbocycles. The summed E-state index contributed by atoms with van der Waals surface area (Å²) in [6, 6.07) is 92.9. The minimum absolute atomic E-state index is 1.09. The molecule has 4 nitrogen and oxygen atoms in total. The summed E-state index contributed by atoms with van der Waals surface area (Å²) < 4.78 is 4.80. The largest absolute Gasteiger partial charge is 0.310 e. The smallest absolute Gasteiger partial charge is 0.0541 e. The fourth-order valence-electron chi connectivity index (χ4n) is 10.9. The maximum atomic E-state index is 2.43. The van der Waals surface area contributed by atoms with Crippen molar-refractivity contribution in [2.45, 2.75) is 9.79 Å². The number of hydrogen-bond acceptors (Lipinski definition) is 3. The molecule has 0 N–H and O–H groups in total. The molecule has 3 heterocycles. The molecule has 0 radical (unpaired) electrons. The van der Waals surface area contributed by atoms with Crippen molar-refractivity contribution in [1.29, 1.82) is 0 Å². The molecule has 0 bridgehead atoms. The second-order valence-electron chi connectivity index (χ2n) is 17.7. The minimum Gasteiger partial charge on any atom is -0.310 e. The van der Waals surface area contributed by atoms with Crippen molar-refractivity contribution in [3.63, 3.8) is 0 Å². The lowest BCUT2D eigenvalue weighted by Gasteiger charge is -2.30. The van der Waals surface area contributed by atoms with Crippen LogP contribution in [0.5, 0.6) is 0 Å². The molecule has 11 aromatic carbocycles. The van der Waals surface area contributed by atoms with Gasteiger partial charge in [-0.3, -0.25) is 0 Å². The molecule has 0 spiro atoms. The fraction of sp³-hybridized carbons (Fsp3) is 0. The first-order valence-corrected chi connectivity index (χ1v) is 24.3. The Morgan fingerprint density at radius 3 is 1.25 bits per heavy atom. The third-order valence-corrected chi connectivity index (χ3v) is 15.0. The van der Waals surface area contributed by atoms with E-state index in [-0.39, 0.29) is 0 Å². The van der Waals surface area contributed by atoms with Gasteiger partial charge in [-0.1, -0.05) is 157 Å². The van der Waals surface area contributed by atoms with Crippen molar-refractivity contribution in [3.05, 3.63) is 255 Å². The van der Waals surface area contributed by atoms with E-state index in [1.165, 1.54) is 75.3 Å². The normalized spacial score (nSPS) is 12.0. The van der Waals surface area contributed by atoms with E-state index in [1.54, 1.807) is 0 Å². The summed E-state index contributed by atoms with van der Waals surface area (Å²) in [5, 5.41) is 7.51. The summed E-state index contributed by atoms with van der Waals surface area (Å²) in [6.45, 7) is 0. The maximum absolute atomic E-state index is 2.43. The fourth-order valence-corrected chi connectivity index (χ4v) is 12.1. The lowest BCUT2D eigenvalue weighted by atomic mass is 9.95. The number of nitrogens with zero attached hydrogens (tertiary/aromatic N) is 4. The Bertz CT molecular complexity index is 4030. The van der Waals surface area contributed by atoms with Gasteiger partial charge in [0.15, 0.2) is 0 Å². The van der Waals surface area contributed by atoms with Crippen LogP contribution in [0.25, 0.3) is 76.9 Å².